The molecule has 2 heterocycles. The molecule has 0 radical (unpaired) electrons. The number of pyridine rings is 1. The summed E-state index contributed by atoms with van der Waals surface area (Å²) in [5, 5.41) is 11.5. The second-order valence-corrected chi connectivity index (χ2v) is 5.42. The Bertz CT molecular complexity index is 1210. The molecule has 2 aromatic rings. The maximum absolute atomic E-state index is 12.2. The van der Waals surface area contributed by atoms with Crippen molar-refractivity contribution in [1.29, 1.82) is 0 Å². The minimum atomic E-state index is -0.747. The van der Waals surface area contributed by atoms with Crippen molar-refractivity contribution in [3.05, 3.63) is 85.5 Å². The first kappa shape index (κ1) is 14.8. The lowest BCUT2D eigenvalue weighted by molar-refractivity contribution is -0.384. The molecular weight excluding hydrogens is 324 g/mol. The number of nitrogens with one attached hydrogen (secondary N) is 1. The van der Waals surface area contributed by atoms with Gasteiger partial charge in [-0.1, -0.05) is 18.2 Å². The first-order chi connectivity index (χ1) is 12.0. The Labute approximate surface area is 139 Å². The standard InChI is InChI=1S/C17H10N4O4/c22-16-13-9-10-8-12(21(24)25)6-7-14(10)20(11-4-2-1-3-5-11)15(13)18-17(23)19-16/h1-9H,(H,19,22,23). The van der Waals surface area contributed by atoms with Crippen LogP contribution in [0, 0.1) is 10.1 Å². The summed E-state index contributed by atoms with van der Waals surface area (Å²) in [6, 6.07) is 14.9. The third kappa shape index (κ3) is 2.36. The summed E-state index contributed by atoms with van der Waals surface area (Å²) >= 11 is 0. The lowest BCUT2D eigenvalue weighted by Crippen LogP contribution is -2.27. The number of aromatic amines is 1. The molecule has 2 aliphatic rings. The normalized spacial score (nSPS) is 11.0. The summed E-state index contributed by atoms with van der Waals surface area (Å²) in [6.45, 7) is 0. The van der Waals surface area contributed by atoms with Gasteiger partial charge in [-0.15, -0.1) is 0 Å². The Morgan fingerprint density at radius 1 is 1.04 bits per heavy atom. The Balaban J connectivity index is 2.23. The van der Waals surface area contributed by atoms with Crippen LogP contribution in [0.1, 0.15) is 0 Å². The molecule has 0 unspecified atom stereocenters. The summed E-state index contributed by atoms with van der Waals surface area (Å²) in [7, 11) is 0. The summed E-state index contributed by atoms with van der Waals surface area (Å²) in [4.78, 5) is 40.5. The fourth-order valence-electron chi connectivity index (χ4n) is 2.83. The van der Waals surface area contributed by atoms with Gasteiger partial charge >= 0.3 is 5.69 Å². The first-order valence-corrected chi connectivity index (χ1v) is 7.34. The van der Waals surface area contributed by atoms with E-state index in [-0.39, 0.29) is 17.1 Å². The van der Waals surface area contributed by atoms with E-state index in [0.29, 0.717) is 16.6 Å². The molecule has 0 atom stereocenters. The molecule has 2 aromatic carbocycles. The third-order valence-electron chi connectivity index (χ3n) is 3.90. The largest absolute Gasteiger partial charge is 0.349 e. The zero-order valence-corrected chi connectivity index (χ0v) is 12.7. The second kappa shape index (κ2) is 5.38. The van der Waals surface area contributed by atoms with Crippen molar-refractivity contribution in [2.24, 2.45) is 0 Å². The molecule has 4 rings (SSSR count). The lowest BCUT2D eigenvalue weighted by atomic mass is 10.1. The smallest absolute Gasteiger partial charge is 0.294 e. The number of hydrogen-bond acceptors (Lipinski definition) is 5. The van der Waals surface area contributed by atoms with Crippen LogP contribution in [0.4, 0.5) is 5.69 Å². The molecule has 1 N–H and O–H groups in total. The van der Waals surface area contributed by atoms with Crippen LogP contribution in [0.5, 0.6) is 0 Å². The van der Waals surface area contributed by atoms with Crippen LogP contribution >= 0.6 is 0 Å². The zero-order valence-electron chi connectivity index (χ0n) is 12.7. The van der Waals surface area contributed by atoms with Crippen LogP contribution in [-0.4, -0.2) is 19.5 Å². The minimum absolute atomic E-state index is 0.0868. The van der Waals surface area contributed by atoms with Gasteiger partial charge < -0.3 is 0 Å². The summed E-state index contributed by atoms with van der Waals surface area (Å²) in [6.07, 6.45) is 0. The second-order valence-electron chi connectivity index (χ2n) is 5.42. The molecule has 0 saturated carbocycles. The van der Waals surface area contributed by atoms with Gasteiger partial charge in [-0.2, -0.15) is 4.98 Å². The van der Waals surface area contributed by atoms with E-state index < -0.39 is 16.2 Å². The molecular formula is C17H10N4O4. The highest BCUT2D eigenvalue weighted by Crippen LogP contribution is 2.29. The Morgan fingerprint density at radius 3 is 2.52 bits per heavy atom. The van der Waals surface area contributed by atoms with E-state index in [0.717, 1.165) is 0 Å². The number of nitro groups is 1. The van der Waals surface area contributed by atoms with E-state index in [1.807, 2.05) is 18.2 Å². The molecule has 122 valence electrons. The van der Waals surface area contributed by atoms with Crippen LogP contribution in [0.15, 0.2) is 64.2 Å². The van der Waals surface area contributed by atoms with Gasteiger partial charge in [-0.3, -0.25) is 24.5 Å². The van der Waals surface area contributed by atoms with Gasteiger partial charge in [0.1, 0.15) is 0 Å². The summed E-state index contributed by atoms with van der Waals surface area (Å²) < 4.78 is 1.64. The molecule has 8 heteroatoms. The van der Waals surface area contributed by atoms with Crippen molar-refractivity contribution in [2.75, 3.05) is 0 Å². The maximum Gasteiger partial charge on any atom is 0.349 e. The summed E-state index contributed by atoms with van der Waals surface area (Å²) in [5.41, 5.74) is 0.0375. The molecule has 0 aliphatic carbocycles. The molecule has 0 aromatic heterocycles. The number of para-hydroxylation sites is 1. The van der Waals surface area contributed by atoms with E-state index in [4.69, 9.17) is 0 Å². The molecule has 2 aliphatic heterocycles. The first-order valence-electron chi connectivity index (χ1n) is 7.34. The molecule has 0 bridgehead atoms. The Morgan fingerprint density at radius 2 is 1.80 bits per heavy atom. The van der Waals surface area contributed by atoms with Gasteiger partial charge in [-0.05, 0) is 24.3 Å². The molecule has 0 saturated heterocycles. The summed E-state index contributed by atoms with van der Waals surface area (Å²) in [5.74, 6) is 0.196. The van der Waals surface area contributed by atoms with Gasteiger partial charge in [0.15, 0.2) is 5.82 Å². The average molecular weight is 334 g/mol. The number of fused-ring (bicyclic) bond motifs is 2. The minimum Gasteiger partial charge on any atom is -0.294 e. The highest BCUT2D eigenvalue weighted by atomic mass is 16.6. The zero-order chi connectivity index (χ0) is 17.6. The van der Waals surface area contributed by atoms with Gasteiger partial charge in [0.25, 0.3) is 11.2 Å². The molecule has 0 fully saturated rings. The van der Waals surface area contributed by atoms with E-state index in [9.17, 15) is 19.7 Å². The number of rotatable bonds is 2. The van der Waals surface area contributed by atoms with Gasteiger partial charge in [0.05, 0.1) is 16.0 Å². The predicted molar refractivity (Wildman–Crippen MR) is 91.2 cm³/mol. The van der Waals surface area contributed by atoms with Crippen molar-refractivity contribution in [3.8, 4) is 17.1 Å². The number of benzene rings is 2. The third-order valence-corrected chi connectivity index (χ3v) is 3.90. The predicted octanol–water partition coefficient (Wildman–Crippen LogP) is 2.09. The fraction of sp³-hybridized carbons (Fsp3) is 0. The topological polar surface area (TPSA) is 111 Å². The van der Waals surface area contributed by atoms with Crippen LogP contribution in [0.25, 0.3) is 28.0 Å². The van der Waals surface area contributed by atoms with Gasteiger partial charge in [0, 0.05) is 23.2 Å². The quantitative estimate of drug-likeness (QED) is 0.343. The highest BCUT2D eigenvalue weighted by molar-refractivity contribution is 5.88. The molecule has 0 amide bonds. The number of hydrogen-bond donors (Lipinski definition) is 1. The van der Waals surface area contributed by atoms with Crippen molar-refractivity contribution in [2.45, 2.75) is 0 Å². The van der Waals surface area contributed by atoms with E-state index in [1.54, 1.807) is 22.8 Å². The van der Waals surface area contributed by atoms with Crippen molar-refractivity contribution in [1.82, 2.24) is 14.5 Å². The van der Waals surface area contributed by atoms with Crippen LogP contribution in [0.2, 0.25) is 0 Å². The number of aromatic nitrogens is 3. The number of nitrogens with zero attached hydrogens (tertiary/aromatic N) is 3. The number of non-ortho nitro benzene ring substituents is 1. The van der Waals surface area contributed by atoms with Crippen molar-refractivity contribution < 1.29 is 4.92 Å². The van der Waals surface area contributed by atoms with E-state index in [2.05, 4.69) is 9.97 Å². The Hall–Kier alpha value is -3.81. The van der Waals surface area contributed by atoms with Crippen LogP contribution < -0.4 is 11.2 Å². The molecule has 8 nitrogen and oxygen atoms in total. The van der Waals surface area contributed by atoms with Crippen LogP contribution in [0.3, 0.4) is 0 Å². The van der Waals surface area contributed by atoms with Crippen LogP contribution in [-0.2, 0) is 0 Å². The average Bonchev–Trinajstić information content (AvgIpc) is 2.60. The Kier molecular flexibility index (Phi) is 3.17. The van der Waals surface area contributed by atoms with E-state index in [1.165, 1.54) is 18.2 Å². The van der Waals surface area contributed by atoms with Crippen molar-refractivity contribution in [3.63, 3.8) is 0 Å². The maximum atomic E-state index is 12.2. The molecule has 0 spiro atoms. The van der Waals surface area contributed by atoms with Crippen molar-refractivity contribution >= 4 is 16.6 Å². The monoisotopic (exact) mass is 334 g/mol. The van der Waals surface area contributed by atoms with Gasteiger partial charge in [0.2, 0.25) is 0 Å². The SMILES string of the molecule is O=c1nc2n(-c3ccccc3)c3ccc([N+](=O)[O-])cc3cc-2c(=O)[nH]1. The lowest BCUT2D eigenvalue weighted by Gasteiger charge is -2.17. The molecule has 25 heavy (non-hydrogen) atoms. The number of nitro benzene ring substituents is 1. The number of H-pyrrole nitrogens is 1. The van der Waals surface area contributed by atoms with E-state index >= 15 is 0 Å². The van der Waals surface area contributed by atoms with Gasteiger partial charge in [-0.25, -0.2) is 4.79 Å². The fourth-order valence-corrected chi connectivity index (χ4v) is 2.83. The highest BCUT2D eigenvalue weighted by Gasteiger charge is 2.19.